The molecule has 0 amide bonds. The quantitative estimate of drug-likeness (QED) is 0.729. The number of nitriles is 1. The van der Waals surface area contributed by atoms with Crippen molar-refractivity contribution < 1.29 is 0 Å². The van der Waals surface area contributed by atoms with Gasteiger partial charge in [0.25, 0.3) is 0 Å². The SMILES string of the molecule is CN(c1cccc(C#N)c1)c1ccc2scnc2c1N. The predicted molar refractivity (Wildman–Crippen MR) is 83.3 cm³/mol. The number of thiazole rings is 1. The van der Waals surface area contributed by atoms with Crippen LogP contribution in [0.4, 0.5) is 17.1 Å². The van der Waals surface area contributed by atoms with E-state index in [4.69, 9.17) is 11.0 Å². The van der Waals surface area contributed by atoms with Crippen molar-refractivity contribution in [2.75, 3.05) is 17.7 Å². The number of nitrogens with zero attached hydrogens (tertiary/aromatic N) is 3. The Morgan fingerprint density at radius 1 is 1.30 bits per heavy atom. The zero-order chi connectivity index (χ0) is 14.1. The van der Waals surface area contributed by atoms with Crippen LogP contribution in [0.2, 0.25) is 0 Å². The molecule has 0 radical (unpaired) electrons. The molecule has 5 heteroatoms. The van der Waals surface area contributed by atoms with Crippen LogP contribution in [-0.2, 0) is 0 Å². The molecule has 0 aliphatic rings. The molecule has 2 N–H and O–H groups in total. The molecule has 0 aliphatic carbocycles. The van der Waals surface area contributed by atoms with E-state index in [2.05, 4.69) is 11.1 Å². The minimum atomic E-state index is 0.627. The molecule has 2 aromatic carbocycles. The van der Waals surface area contributed by atoms with Crippen molar-refractivity contribution in [3.8, 4) is 6.07 Å². The molecule has 1 aromatic heterocycles. The standard InChI is InChI=1S/C15H12N4S/c1-19(11-4-2-3-10(7-11)8-16)12-5-6-13-15(14(12)17)18-9-20-13/h2-7,9H,17H2,1H3. The summed E-state index contributed by atoms with van der Waals surface area (Å²) in [4.78, 5) is 6.27. The second-order valence-corrected chi connectivity index (χ2v) is 5.30. The van der Waals surface area contributed by atoms with Gasteiger partial charge in [0.2, 0.25) is 0 Å². The number of fused-ring (bicyclic) bond motifs is 1. The van der Waals surface area contributed by atoms with E-state index in [0.29, 0.717) is 11.3 Å². The third-order valence-electron chi connectivity index (χ3n) is 3.24. The first-order valence-electron chi connectivity index (χ1n) is 6.06. The number of aromatic nitrogens is 1. The van der Waals surface area contributed by atoms with E-state index in [-0.39, 0.29) is 0 Å². The summed E-state index contributed by atoms with van der Waals surface area (Å²) in [6.07, 6.45) is 0. The second kappa shape index (κ2) is 4.83. The van der Waals surface area contributed by atoms with Crippen molar-refractivity contribution in [3.63, 3.8) is 0 Å². The largest absolute Gasteiger partial charge is 0.395 e. The number of hydrogen-bond acceptors (Lipinski definition) is 5. The van der Waals surface area contributed by atoms with Gasteiger partial charge in [-0.3, -0.25) is 0 Å². The highest BCUT2D eigenvalue weighted by molar-refractivity contribution is 7.16. The number of benzene rings is 2. The highest BCUT2D eigenvalue weighted by Gasteiger charge is 2.12. The van der Waals surface area contributed by atoms with Crippen molar-refractivity contribution in [1.82, 2.24) is 4.98 Å². The third-order valence-corrected chi connectivity index (χ3v) is 4.04. The van der Waals surface area contributed by atoms with Gasteiger partial charge in [0.15, 0.2) is 0 Å². The number of anilines is 3. The molecule has 1 heterocycles. The zero-order valence-corrected chi connectivity index (χ0v) is 11.7. The summed E-state index contributed by atoms with van der Waals surface area (Å²) in [6.45, 7) is 0. The number of nitrogen functional groups attached to an aromatic ring is 1. The number of rotatable bonds is 2. The smallest absolute Gasteiger partial charge is 0.106 e. The van der Waals surface area contributed by atoms with E-state index in [0.717, 1.165) is 21.6 Å². The van der Waals surface area contributed by atoms with Gasteiger partial charge >= 0.3 is 0 Å². The summed E-state index contributed by atoms with van der Waals surface area (Å²) in [7, 11) is 1.93. The molecule has 0 atom stereocenters. The van der Waals surface area contributed by atoms with Crippen molar-refractivity contribution in [2.45, 2.75) is 0 Å². The molecule has 3 aromatic rings. The van der Waals surface area contributed by atoms with Crippen LogP contribution >= 0.6 is 11.3 Å². The fourth-order valence-corrected chi connectivity index (χ4v) is 2.85. The monoisotopic (exact) mass is 280 g/mol. The van der Waals surface area contributed by atoms with Crippen molar-refractivity contribution in [2.24, 2.45) is 0 Å². The minimum absolute atomic E-state index is 0.627. The van der Waals surface area contributed by atoms with Crippen LogP contribution in [-0.4, -0.2) is 12.0 Å². The molecule has 0 aliphatic heterocycles. The van der Waals surface area contributed by atoms with Crippen LogP contribution in [0, 0.1) is 11.3 Å². The van der Waals surface area contributed by atoms with Crippen LogP contribution in [0.15, 0.2) is 41.9 Å². The molecular weight excluding hydrogens is 268 g/mol. The molecule has 3 rings (SSSR count). The van der Waals surface area contributed by atoms with E-state index in [9.17, 15) is 0 Å². The Kier molecular flexibility index (Phi) is 3.01. The number of hydrogen-bond donors (Lipinski definition) is 1. The Labute approximate surface area is 120 Å². The molecule has 0 bridgehead atoms. The molecular formula is C15H12N4S. The Hall–Kier alpha value is -2.58. The van der Waals surface area contributed by atoms with Gasteiger partial charge in [0.1, 0.15) is 5.52 Å². The summed E-state index contributed by atoms with van der Waals surface area (Å²) in [5.41, 5.74) is 11.9. The van der Waals surface area contributed by atoms with Crippen LogP contribution in [0.1, 0.15) is 5.56 Å². The molecule has 20 heavy (non-hydrogen) atoms. The van der Waals surface area contributed by atoms with E-state index in [1.165, 1.54) is 0 Å². The molecule has 0 fully saturated rings. The lowest BCUT2D eigenvalue weighted by molar-refractivity contribution is 1.21. The maximum Gasteiger partial charge on any atom is 0.106 e. The Morgan fingerprint density at radius 2 is 2.15 bits per heavy atom. The first-order valence-corrected chi connectivity index (χ1v) is 6.94. The summed E-state index contributed by atoms with van der Waals surface area (Å²) in [5, 5.41) is 8.98. The lowest BCUT2D eigenvalue weighted by Gasteiger charge is -2.21. The average Bonchev–Trinajstić information content (AvgIpc) is 2.96. The minimum Gasteiger partial charge on any atom is -0.395 e. The molecule has 98 valence electrons. The van der Waals surface area contributed by atoms with Gasteiger partial charge in [-0.1, -0.05) is 6.07 Å². The fraction of sp³-hybridized carbons (Fsp3) is 0.0667. The van der Waals surface area contributed by atoms with Crippen LogP contribution in [0.5, 0.6) is 0 Å². The van der Waals surface area contributed by atoms with E-state index < -0.39 is 0 Å². The maximum absolute atomic E-state index is 8.98. The Bertz CT molecular complexity index is 816. The van der Waals surface area contributed by atoms with Gasteiger partial charge in [-0.2, -0.15) is 5.26 Å². The second-order valence-electron chi connectivity index (χ2n) is 4.42. The third kappa shape index (κ3) is 1.96. The Balaban J connectivity index is 2.10. The highest BCUT2D eigenvalue weighted by atomic mass is 32.1. The van der Waals surface area contributed by atoms with Gasteiger partial charge in [-0.15, -0.1) is 11.3 Å². The first kappa shape index (κ1) is 12.5. The van der Waals surface area contributed by atoms with Gasteiger partial charge in [-0.05, 0) is 30.3 Å². The number of nitrogens with two attached hydrogens (primary N) is 1. The van der Waals surface area contributed by atoms with Crippen molar-refractivity contribution >= 4 is 38.6 Å². The predicted octanol–water partition coefficient (Wildman–Crippen LogP) is 3.52. The summed E-state index contributed by atoms with van der Waals surface area (Å²) < 4.78 is 1.07. The normalized spacial score (nSPS) is 10.4. The van der Waals surface area contributed by atoms with Crippen molar-refractivity contribution in [3.05, 3.63) is 47.5 Å². The van der Waals surface area contributed by atoms with E-state index in [1.54, 1.807) is 22.9 Å². The molecule has 0 saturated carbocycles. The average molecular weight is 280 g/mol. The lowest BCUT2D eigenvalue weighted by Crippen LogP contribution is -2.11. The molecule has 0 saturated heterocycles. The molecule has 0 spiro atoms. The van der Waals surface area contributed by atoms with Gasteiger partial charge < -0.3 is 10.6 Å². The summed E-state index contributed by atoms with van der Waals surface area (Å²) >= 11 is 1.57. The maximum atomic E-state index is 8.98. The van der Waals surface area contributed by atoms with E-state index in [1.807, 2.05) is 42.3 Å². The van der Waals surface area contributed by atoms with Gasteiger partial charge in [-0.25, -0.2) is 4.98 Å². The lowest BCUT2D eigenvalue weighted by atomic mass is 10.1. The first-order chi connectivity index (χ1) is 9.70. The highest BCUT2D eigenvalue weighted by Crippen LogP contribution is 2.35. The zero-order valence-electron chi connectivity index (χ0n) is 10.9. The van der Waals surface area contributed by atoms with Crippen LogP contribution < -0.4 is 10.6 Å². The van der Waals surface area contributed by atoms with Crippen LogP contribution in [0.25, 0.3) is 10.2 Å². The van der Waals surface area contributed by atoms with Crippen LogP contribution in [0.3, 0.4) is 0 Å². The topological polar surface area (TPSA) is 65.9 Å². The van der Waals surface area contributed by atoms with Gasteiger partial charge in [0, 0.05) is 12.7 Å². The molecule has 0 unspecified atom stereocenters. The van der Waals surface area contributed by atoms with E-state index >= 15 is 0 Å². The summed E-state index contributed by atoms with van der Waals surface area (Å²) in [5.74, 6) is 0. The Morgan fingerprint density at radius 3 is 2.95 bits per heavy atom. The van der Waals surface area contributed by atoms with Crippen molar-refractivity contribution in [1.29, 1.82) is 5.26 Å². The molecule has 4 nitrogen and oxygen atoms in total. The fourth-order valence-electron chi connectivity index (χ4n) is 2.16. The summed E-state index contributed by atoms with van der Waals surface area (Å²) in [6, 6.07) is 13.6. The van der Waals surface area contributed by atoms with Gasteiger partial charge in [0.05, 0.1) is 33.2 Å².